The van der Waals surface area contributed by atoms with Gasteiger partial charge < -0.3 is 4.74 Å². The maximum Gasteiger partial charge on any atom is 0.338 e. The van der Waals surface area contributed by atoms with Crippen LogP contribution in [0.25, 0.3) is 0 Å². The normalized spacial score (nSPS) is 11.3. The van der Waals surface area contributed by atoms with E-state index in [2.05, 4.69) is 4.74 Å². The Kier molecular flexibility index (Phi) is 4.75. The van der Waals surface area contributed by atoms with Crippen molar-refractivity contribution in [1.82, 2.24) is 0 Å². The first-order chi connectivity index (χ1) is 8.32. The number of rotatable bonds is 4. The Bertz CT molecular complexity index is 567. The summed E-state index contributed by atoms with van der Waals surface area (Å²) in [6.07, 6.45) is 2.65. The lowest BCUT2D eigenvalue weighted by Crippen LogP contribution is -2.11. The monoisotopic (exact) mass is 292 g/mol. The van der Waals surface area contributed by atoms with Crippen LogP contribution in [0.1, 0.15) is 15.9 Å². The minimum absolute atomic E-state index is 0.0525. The van der Waals surface area contributed by atoms with Gasteiger partial charge in [0.2, 0.25) is 0 Å². The number of esters is 1. The van der Waals surface area contributed by atoms with Crippen molar-refractivity contribution in [2.45, 2.75) is 10.6 Å². The topological polar surface area (TPSA) is 60.4 Å². The number of carbonyl (C=O) groups is 1. The van der Waals surface area contributed by atoms with Crippen LogP contribution in [0.4, 0.5) is 4.39 Å². The molecule has 7 heteroatoms. The van der Waals surface area contributed by atoms with Crippen molar-refractivity contribution in [1.29, 1.82) is 0 Å². The second-order valence-electron chi connectivity index (χ2n) is 3.60. The number of sulfone groups is 1. The Morgan fingerprint density at radius 2 is 2.06 bits per heavy atom. The van der Waals surface area contributed by atoms with Crippen LogP contribution in [-0.4, -0.2) is 34.0 Å². The first-order valence-electron chi connectivity index (χ1n) is 4.91. The number of methoxy groups -OCH3 is 1. The first-order valence-corrected chi connectivity index (χ1v) is 8.20. The van der Waals surface area contributed by atoms with Crippen LogP contribution in [0.2, 0.25) is 0 Å². The van der Waals surface area contributed by atoms with E-state index in [1.165, 1.54) is 24.9 Å². The molecule has 0 fully saturated rings. The van der Waals surface area contributed by atoms with Crippen molar-refractivity contribution in [2.75, 3.05) is 19.6 Å². The summed E-state index contributed by atoms with van der Waals surface area (Å²) in [6.45, 7) is 0. The van der Waals surface area contributed by atoms with Crippen molar-refractivity contribution >= 4 is 27.6 Å². The zero-order valence-corrected chi connectivity index (χ0v) is 11.8. The Morgan fingerprint density at radius 1 is 1.44 bits per heavy atom. The molecule has 0 spiro atoms. The minimum atomic E-state index is -3.66. The second kappa shape index (κ2) is 5.71. The van der Waals surface area contributed by atoms with Gasteiger partial charge in [-0.25, -0.2) is 17.6 Å². The SMILES string of the molecule is COC(=O)c1ccc(S(C)(=O)=O)c(F)c1CSC. The molecule has 0 amide bonds. The number of carbonyl (C=O) groups excluding carboxylic acids is 1. The molecule has 0 aliphatic rings. The summed E-state index contributed by atoms with van der Waals surface area (Å²) in [5, 5.41) is 0. The van der Waals surface area contributed by atoms with E-state index in [1.807, 2.05) is 0 Å². The molecule has 0 aliphatic carbocycles. The Balaban J connectivity index is 3.52. The molecule has 0 bridgehead atoms. The van der Waals surface area contributed by atoms with Gasteiger partial charge in [0.1, 0.15) is 10.7 Å². The molecule has 0 saturated carbocycles. The van der Waals surface area contributed by atoms with Crippen molar-refractivity contribution in [2.24, 2.45) is 0 Å². The Hall–Kier alpha value is -1.08. The molecule has 1 aromatic carbocycles. The number of hydrogen-bond donors (Lipinski definition) is 0. The van der Waals surface area contributed by atoms with Gasteiger partial charge in [0, 0.05) is 17.6 Å². The van der Waals surface area contributed by atoms with E-state index in [1.54, 1.807) is 6.26 Å². The predicted octanol–water partition coefficient (Wildman–Crippen LogP) is 1.88. The van der Waals surface area contributed by atoms with Gasteiger partial charge in [0.25, 0.3) is 0 Å². The molecule has 0 aromatic heterocycles. The average molecular weight is 292 g/mol. The molecular formula is C11H13FO4S2. The highest BCUT2D eigenvalue weighted by Gasteiger charge is 2.22. The zero-order chi connectivity index (χ0) is 13.9. The van der Waals surface area contributed by atoms with E-state index < -0.39 is 26.5 Å². The third-order valence-electron chi connectivity index (χ3n) is 2.30. The van der Waals surface area contributed by atoms with E-state index in [0.29, 0.717) is 0 Å². The standard InChI is InChI=1S/C11H13FO4S2/c1-16-11(13)7-4-5-9(18(3,14)15)10(12)8(7)6-17-2/h4-5H,6H2,1-3H3. The molecule has 0 unspecified atom stereocenters. The van der Waals surface area contributed by atoms with Crippen molar-refractivity contribution in [3.8, 4) is 0 Å². The molecule has 0 heterocycles. The lowest BCUT2D eigenvalue weighted by molar-refractivity contribution is 0.0599. The van der Waals surface area contributed by atoms with Crippen molar-refractivity contribution < 1.29 is 22.3 Å². The van der Waals surface area contributed by atoms with Crippen LogP contribution in [0.3, 0.4) is 0 Å². The van der Waals surface area contributed by atoms with Crippen LogP contribution in [-0.2, 0) is 20.3 Å². The molecule has 100 valence electrons. The summed E-state index contributed by atoms with van der Waals surface area (Å²) in [5.41, 5.74) is 0.106. The second-order valence-corrected chi connectivity index (χ2v) is 6.45. The van der Waals surface area contributed by atoms with Gasteiger partial charge in [-0.05, 0) is 18.4 Å². The van der Waals surface area contributed by atoms with Crippen LogP contribution >= 0.6 is 11.8 Å². The van der Waals surface area contributed by atoms with Gasteiger partial charge in [-0.3, -0.25) is 0 Å². The molecular weight excluding hydrogens is 279 g/mol. The van der Waals surface area contributed by atoms with Gasteiger partial charge in [-0.2, -0.15) is 11.8 Å². The quantitative estimate of drug-likeness (QED) is 0.793. The zero-order valence-electron chi connectivity index (χ0n) is 10.2. The first kappa shape index (κ1) is 15.0. The van der Waals surface area contributed by atoms with Gasteiger partial charge in [0.15, 0.2) is 9.84 Å². The van der Waals surface area contributed by atoms with E-state index in [0.717, 1.165) is 12.3 Å². The summed E-state index contributed by atoms with van der Waals surface area (Å²) >= 11 is 1.29. The van der Waals surface area contributed by atoms with Crippen LogP contribution in [0.5, 0.6) is 0 Å². The molecule has 0 aliphatic heterocycles. The highest BCUT2D eigenvalue weighted by molar-refractivity contribution is 7.97. The summed E-state index contributed by atoms with van der Waals surface area (Å²) in [5.74, 6) is -1.37. The van der Waals surface area contributed by atoms with E-state index in [-0.39, 0.29) is 16.9 Å². The van der Waals surface area contributed by atoms with Crippen molar-refractivity contribution in [3.05, 3.63) is 29.1 Å². The highest BCUT2D eigenvalue weighted by atomic mass is 32.2. The smallest absolute Gasteiger partial charge is 0.338 e. The molecule has 0 N–H and O–H groups in total. The predicted molar refractivity (Wildman–Crippen MR) is 68.1 cm³/mol. The molecule has 0 radical (unpaired) electrons. The van der Waals surface area contributed by atoms with E-state index >= 15 is 0 Å². The van der Waals surface area contributed by atoms with Gasteiger partial charge in [-0.15, -0.1) is 0 Å². The van der Waals surface area contributed by atoms with Gasteiger partial charge in [0.05, 0.1) is 12.7 Å². The molecule has 0 atom stereocenters. The lowest BCUT2D eigenvalue weighted by Gasteiger charge is -2.10. The fourth-order valence-electron chi connectivity index (χ4n) is 1.47. The summed E-state index contributed by atoms with van der Waals surface area (Å²) < 4.78 is 41.4. The number of benzene rings is 1. The van der Waals surface area contributed by atoms with Gasteiger partial charge >= 0.3 is 5.97 Å². The maximum atomic E-state index is 14.1. The Morgan fingerprint density at radius 3 is 2.50 bits per heavy atom. The lowest BCUT2D eigenvalue weighted by atomic mass is 10.1. The van der Waals surface area contributed by atoms with Gasteiger partial charge in [-0.1, -0.05) is 0 Å². The van der Waals surface area contributed by atoms with Crippen molar-refractivity contribution in [3.63, 3.8) is 0 Å². The largest absolute Gasteiger partial charge is 0.465 e. The Labute approximate surface area is 109 Å². The van der Waals surface area contributed by atoms with E-state index in [9.17, 15) is 17.6 Å². The van der Waals surface area contributed by atoms with Crippen LogP contribution < -0.4 is 0 Å². The van der Waals surface area contributed by atoms with Crippen LogP contribution in [0.15, 0.2) is 17.0 Å². The molecule has 1 rings (SSSR count). The number of ether oxygens (including phenoxy) is 1. The average Bonchev–Trinajstić information content (AvgIpc) is 2.29. The fraction of sp³-hybridized carbons (Fsp3) is 0.364. The summed E-state index contributed by atoms with van der Waals surface area (Å²) in [4.78, 5) is 11.1. The number of hydrogen-bond acceptors (Lipinski definition) is 5. The summed E-state index contributed by atoms with van der Waals surface area (Å²) in [6, 6.07) is 2.36. The molecule has 1 aromatic rings. The fourth-order valence-corrected chi connectivity index (χ4v) is 2.81. The van der Waals surface area contributed by atoms with E-state index in [4.69, 9.17) is 0 Å². The third kappa shape index (κ3) is 3.02. The number of thioether (sulfide) groups is 1. The molecule has 4 nitrogen and oxygen atoms in total. The third-order valence-corrected chi connectivity index (χ3v) is 3.99. The maximum absolute atomic E-state index is 14.1. The molecule has 18 heavy (non-hydrogen) atoms. The summed E-state index contributed by atoms with van der Waals surface area (Å²) in [7, 11) is -2.47. The minimum Gasteiger partial charge on any atom is -0.465 e. The highest BCUT2D eigenvalue weighted by Crippen LogP contribution is 2.25. The molecule has 0 saturated heterocycles. The van der Waals surface area contributed by atoms with Crippen LogP contribution in [0, 0.1) is 5.82 Å². The number of halogens is 1.